The van der Waals surface area contributed by atoms with Gasteiger partial charge >= 0.3 is 0 Å². The van der Waals surface area contributed by atoms with Crippen LogP contribution < -0.4 is 5.32 Å². The predicted octanol–water partition coefficient (Wildman–Crippen LogP) is 3.45. The Morgan fingerprint density at radius 3 is 2.42 bits per heavy atom. The molecule has 0 aliphatic heterocycles. The number of anilines is 1. The molecule has 0 unspecified atom stereocenters. The highest BCUT2D eigenvalue weighted by Gasteiger charge is 2.08. The van der Waals surface area contributed by atoms with Crippen LogP contribution in [0.3, 0.4) is 0 Å². The van der Waals surface area contributed by atoms with Gasteiger partial charge in [0.25, 0.3) is 0 Å². The minimum atomic E-state index is -0.465. The average molecular weight is 261 g/mol. The number of aryl methyl sites for hydroxylation is 1. The van der Waals surface area contributed by atoms with Crippen molar-refractivity contribution in [2.24, 2.45) is 0 Å². The zero-order valence-corrected chi connectivity index (χ0v) is 10.4. The third-order valence-corrected chi connectivity index (χ3v) is 2.68. The summed E-state index contributed by atoms with van der Waals surface area (Å²) in [5, 5.41) is 2.49. The summed E-state index contributed by atoms with van der Waals surface area (Å²) >= 11 is 0. The first kappa shape index (κ1) is 13.2. The van der Waals surface area contributed by atoms with Gasteiger partial charge < -0.3 is 5.32 Å². The van der Waals surface area contributed by atoms with Crippen molar-refractivity contribution in [1.82, 2.24) is 0 Å². The molecule has 0 aliphatic rings. The molecule has 2 aromatic rings. The highest BCUT2D eigenvalue weighted by Crippen LogP contribution is 2.15. The first-order valence-electron chi connectivity index (χ1n) is 5.85. The second kappa shape index (κ2) is 5.61. The van der Waals surface area contributed by atoms with Crippen LogP contribution in [0.1, 0.15) is 11.1 Å². The highest BCUT2D eigenvalue weighted by molar-refractivity contribution is 5.92. The Kier molecular flexibility index (Phi) is 3.90. The highest BCUT2D eigenvalue weighted by atomic mass is 19.1. The van der Waals surface area contributed by atoms with Crippen LogP contribution >= 0.6 is 0 Å². The van der Waals surface area contributed by atoms with E-state index in [0.29, 0.717) is 5.56 Å². The van der Waals surface area contributed by atoms with Gasteiger partial charge in [-0.3, -0.25) is 4.79 Å². The SMILES string of the molecule is Cc1ccc(NC(=O)Cc2ccc(F)cc2)c(F)c1. The molecule has 98 valence electrons. The van der Waals surface area contributed by atoms with Crippen molar-refractivity contribution in [1.29, 1.82) is 0 Å². The third-order valence-electron chi connectivity index (χ3n) is 2.68. The fraction of sp³-hybridized carbons (Fsp3) is 0.133. The van der Waals surface area contributed by atoms with Crippen molar-refractivity contribution in [2.75, 3.05) is 5.32 Å². The lowest BCUT2D eigenvalue weighted by atomic mass is 10.1. The molecule has 4 heteroatoms. The molecule has 0 aromatic heterocycles. The topological polar surface area (TPSA) is 29.1 Å². The molecule has 2 rings (SSSR count). The van der Waals surface area contributed by atoms with E-state index in [0.717, 1.165) is 5.56 Å². The van der Waals surface area contributed by atoms with E-state index in [2.05, 4.69) is 5.32 Å². The van der Waals surface area contributed by atoms with Crippen molar-refractivity contribution in [3.8, 4) is 0 Å². The number of hydrogen-bond donors (Lipinski definition) is 1. The average Bonchev–Trinajstić information content (AvgIpc) is 2.36. The number of amides is 1. The summed E-state index contributed by atoms with van der Waals surface area (Å²) in [7, 11) is 0. The molecule has 0 aliphatic carbocycles. The standard InChI is InChI=1S/C15H13F2NO/c1-10-2-7-14(13(17)8-10)18-15(19)9-11-3-5-12(16)6-4-11/h2-8H,9H2,1H3,(H,18,19). The maximum atomic E-state index is 13.5. The van der Waals surface area contributed by atoms with Crippen LogP contribution in [0.5, 0.6) is 0 Å². The largest absolute Gasteiger partial charge is 0.323 e. The Balaban J connectivity index is 2.03. The van der Waals surface area contributed by atoms with Crippen LogP contribution in [0, 0.1) is 18.6 Å². The van der Waals surface area contributed by atoms with Gasteiger partial charge in [-0.25, -0.2) is 8.78 Å². The molecule has 0 saturated heterocycles. The van der Waals surface area contributed by atoms with E-state index in [1.54, 1.807) is 13.0 Å². The molecule has 0 spiro atoms. The van der Waals surface area contributed by atoms with Crippen LogP contribution in [0.4, 0.5) is 14.5 Å². The molecule has 2 aromatic carbocycles. The lowest BCUT2D eigenvalue weighted by Gasteiger charge is -2.07. The van der Waals surface area contributed by atoms with Gasteiger partial charge in [0, 0.05) is 0 Å². The molecule has 0 saturated carbocycles. The lowest BCUT2D eigenvalue weighted by Crippen LogP contribution is -2.15. The summed E-state index contributed by atoms with van der Waals surface area (Å²) in [4.78, 5) is 11.7. The molecule has 19 heavy (non-hydrogen) atoms. The quantitative estimate of drug-likeness (QED) is 0.900. The molecule has 0 heterocycles. The number of hydrogen-bond acceptors (Lipinski definition) is 1. The van der Waals surface area contributed by atoms with Gasteiger partial charge in [0.05, 0.1) is 12.1 Å². The van der Waals surface area contributed by atoms with Gasteiger partial charge in [0.2, 0.25) is 5.91 Å². The van der Waals surface area contributed by atoms with Crippen LogP contribution in [0.15, 0.2) is 42.5 Å². The lowest BCUT2D eigenvalue weighted by molar-refractivity contribution is -0.115. The fourth-order valence-corrected chi connectivity index (χ4v) is 1.70. The predicted molar refractivity (Wildman–Crippen MR) is 69.9 cm³/mol. The fourth-order valence-electron chi connectivity index (χ4n) is 1.70. The second-order valence-electron chi connectivity index (χ2n) is 4.33. The molecule has 0 radical (unpaired) electrons. The van der Waals surface area contributed by atoms with Gasteiger partial charge in [0.15, 0.2) is 0 Å². The van der Waals surface area contributed by atoms with E-state index in [-0.39, 0.29) is 23.8 Å². The van der Waals surface area contributed by atoms with Crippen LogP contribution in [-0.4, -0.2) is 5.91 Å². The summed E-state index contributed by atoms with van der Waals surface area (Å²) in [5.74, 6) is -1.16. The van der Waals surface area contributed by atoms with Gasteiger partial charge in [0.1, 0.15) is 11.6 Å². The van der Waals surface area contributed by atoms with E-state index in [1.165, 1.54) is 36.4 Å². The Morgan fingerprint density at radius 1 is 1.11 bits per heavy atom. The van der Waals surface area contributed by atoms with Crippen molar-refractivity contribution >= 4 is 11.6 Å². The number of nitrogens with one attached hydrogen (secondary N) is 1. The zero-order valence-electron chi connectivity index (χ0n) is 10.4. The summed E-state index contributed by atoms with van der Waals surface area (Å²) in [5.41, 5.74) is 1.61. The van der Waals surface area contributed by atoms with Crippen LogP contribution in [0.2, 0.25) is 0 Å². The summed E-state index contributed by atoms with van der Waals surface area (Å²) in [6.45, 7) is 1.77. The van der Waals surface area contributed by atoms with Crippen molar-refractivity contribution < 1.29 is 13.6 Å². The summed E-state index contributed by atoms with van der Waals surface area (Å²) in [6, 6.07) is 10.2. The maximum Gasteiger partial charge on any atom is 0.228 e. The minimum absolute atomic E-state index is 0.0770. The number of benzene rings is 2. The van der Waals surface area contributed by atoms with E-state index >= 15 is 0 Å². The Bertz CT molecular complexity index is 594. The van der Waals surface area contributed by atoms with Crippen LogP contribution in [-0.2, 0) is 11.2 Å². The van der Waals surface area contributed by atoms with Crippen molar-refractivity contribution in [3.63, 3.8) is 0 Å². The van der Waals surface area contributed by atoms with E-state index in [9.17, 15) is 13.6 Å². The maximum absolute atomic E-state index is 13.5. The molecule has 0 atom stereocenters. The number of halogens is 2. The minimum Gasteiger partial charge on any atom is -0.323 e. The Labute approximate surface area is 110 Å². The first-order chi connectivity index (χ1) is 9.04. The smallest absolute Gasteiger partial charge is 0.228 e. The second-order valence-corrected chi connectivity index (χ2v) is 4.33. The Morgan fingerprint density at radius 2 is 1.79 bits per heavy atom. The molecular formula is C15H13F2NO. The van der Waals surface area contributed by atoms with Crippen LogP contribution in [0.25, 0.3) is 0 Å². The zero-order chi connectivity index (χ0) is 13.8. The summed E-state index contributed by atoms with van der Waals surface area (Å²) in [6.07, 6.45) is 0.0770. The molecule has 2 nitrogen and oxygen atoms in total. The molecular weight excluding hydrogens is 248 g/mol. The third kappa shape index (κ3) is 3.61. The number of rotatable bonds is 3. The monoisotopic (exact) mass is 261 g/mol. The van der Waals surface area contributed by atoms with E-state index < -0.39 is 5.82 Å². The van der Waals surface area contributed by atoms with Gasteiger partial charge in [-0.05, 0) is 42.3 Å². The number of carbonyl (C=O) groups excluding carboxylic acids is 1. The summed E-state index contributed by atoms with van der Waals surface area (Å²) < 4.78 is 26.2. The number of carbonyl (C=O) groups is 1. The molecule has 0 bridgehead atoms. The molecule has 0 fully saturated rings. The normalized spacial score (nSPS) is 10.3. The molecule has 1 N–H and O–H groups in total. The van der Waals surface area contributed by atoms with Crippen molar-refractivity contribution in [3.05, 3.63) is 65.2 Å². The molecule has 1 amide bonds. The first-order valence-corrected chi connectivity index (χ1v) is 5.85. The van der Waals surface area contributed by atoms with E-state index in [4.69, 9.17) is 0 Å². The van der Waals surface area contributed by atoms with Gasteiger partial charge in [-0.2, -0.15) is 0 Å². The van der Waals surface area contributed by atoms with Gasteiger partial charge in [-0.1, -0.05) is 18.2 Å². The Hall–Kier alpha value is -2.23. The van der Waals surface area contributed by atoms with E-state index in [1.807, 2.05) is 0 Å². The van der Waals surface area contributed by atoms with Gasteiger partial charge in [-0.15, -0.1) is 0 Å². The van der Waals surface area contributed by atoms with Crippen molar-refractivity contribution in [2.45, 2.75) is 13.3 Å².